The third-order valence-electron chi connectivity index (χ3n) is 2.09. The van der Waals surface area contributed by atoms with Crippen LogP contribution in [0.5, 0.6) is 0 Å². The van der Waals surface area contributed by atoms with E-state index in [1.165, 1.54) is 5.56 Å². The number of aliphatic hydroxyl groups excluding tert-OH is 1. The van der Waals surface area contributed by atoms with Crippen LogP contribution in [0, 0.1) is 6.92 Å². The van der Waals surface area contributed by atoms with Gasteiger partial charge in [0.25, 0.3) is 0 Å². The highest BCUT2D eigenvalue weighted by Crippen LogP contribution is 2.16. The number of nitrogens with one attached hydrogen (secondary N) is 1. The molecule has 1 aromatic rings. The minimum atomic E-state index is 0.217. The molecule has 0 radical (unpaired) electrons. The molecule has 0 amide bonds. The fourth-order valence-corrected chi connectivity index (χ4v) is 1.26. The Kier molecular flexibility index (Phi) is 4.20. The Hall–Kier alpha value is -1.28. The van der Waals surface area contributed by atoms with Gasteiger partial charge < -0.3 is 10.4 Å². The molecule has 14 heavy (non-hydrogen) atoms. The third kappa shape index (κ3) is 3.23. The average Bonchev–Trinajstić information content (AvgIpc) is 2.18. The van der Waals surface area contributed by atoms with Crippen molar-refractivity contribution in [2.45, 2.75) is 19.8 Å². The zero-order valence-electron chi connectivity index (χ0n) is 8.59. The van der Waals surface area contributed by atoms with E-state index >= 15 is 0 Å². The van der Waals surface area contributed by atoms with E-state index < -0.39 is 0 Å². The highest BCUT2D eigenvalue weighted by atomic mass is 16.2. The van der Waals surface area contributed by atoms with Gasteiger partial charge in [0.05, 0.1) is 0 Å². The van der Waals surface area contributed by atoms with E-state index in [1.54, 1.807) is 0 Å². The highest BCUT2D eigenvalue weighted by molar-refractivity contribution is 5.53. The number of para-hydroxylation sites is 1. The number of aliphatic hydroxyl groups is 1. The van der Waals surface area contributed by atoms with Crippen molar-refractivity contribution in [3.05, 3.63) is 42.1 Å². The molecule has 0 fully saturated rings. The fraction of sp³-hybridized carbons (Fsp3) is 0.333. The number of hydrogen-bond donors (Lipinski definition) is 2. The second-order valence-electron chi connectivity index (χ2n) is 3.37. The SMILES string of the molecule is C=C(CCCO)Nc1ccccc1C. The van der Waals surface area contributed by atoms with E-state index in [2.05, 4.69) is 24.9 Å². The van der Waals surface area contributed by atoms with Gasteiger partial charge in [0.1, 0.15) is 0 Å². The molecule has 0 aromatic heterocycles. The quantitative estimate of drug-likeness (QED) is 0.750. The van der Waals surface area contributed by atoms with E-state index in [0.29, 0.717) is 0 Å². The zero-order chi connectivity index (χ0) is 10.4. The van der Waals surface area contributed by atoms with Gasteiger partial charge in [-0.15, -0.1) is 0 Å². The van der Waals surface area contributed by atoms with Gasteiger partial charge in [-0.1, -0.05) is 24.8 Å². The average molecular weight is 191 g/mol. The van der Waals surface area contributed by atoms with E-state index in [0.717, 1.165) is 24.2 Å². The summed E-state index contributed by atoms with van der Waals surface area (Å²) in [6, 6.07) is 8.09. The van der Waals surface area contributed by atoms with E-state index in [4.69, 9.17) is 5.11 Å². The number of rotatable bonds is 5. The molecule has 2 heteroatoms. The van der Waals surface area contributed by atoms with Gasteiger partial charge >= 0.3 is 0 Å². The summed E-state index contributed by atoms with van der Waals surface area (Å²) < 4.78 is 0. The molecule has 2 nitrogen and oxygen atoms in total. The second-order valence-corrected chi connectivity index (χ2v) is 3.37. The maximum absolute atomic E-state index is 8.67. The summed E-state index contributed by atoms with van der Waals surface area (Å²) in [5.74, 6) is 0. The summed E-state index contributed by atoms with van der Waals surface area (Å²) in [7, 11) is 0. The van der Waals surface area contributed by atoms with E-state index in [-0.39, 0.29) is 6.61 Å². The van der Waals surface area contributed by atoms with Gasteiger partial charge in [0.2, 0.25) is 0 Å². The van der Waals surface area contributed by atoms with Gasteiger partial charge in [-0.25, -0.2) is 0 Å². The minimum absolute atomic E-state index is 0.217. The highest BCUT2D eigenvalue weighted by Gasteiger charge is 1.97. The summed E-state index contributed by atoms with van der Waals surface area (Å²) in [5, 5.41) is 11.9. The Morgan fingerprint density at radius 1 is 1.43 bits per heavy atom. The first-order chi connectivity index (χ1) is 6.74. The molecule has 0 spiro atoms. The maximum Gasteiger partial charge on any atom is 0.0434 e. The van der Waals surface area contributed by atoms with Gasteiger partial charge in [0, 0.05) is 18.0 Å². The second kappa shape index (κ2) is 5.45. The summed E-state index contributed by atoms with van der Waals surface area (Å²) in [4.78, 5) is 0. The van der Waals surface area contributed by atoms with Crippen molar-refractivity contribution in [1.82, 2.24) is 0 Å². The Balaban J connectivity index is 2.52. The molecule has 1 rings (SSSR count). The van der Waals surface area contributed by atoms with E-state index in [1.807, 2.05) is 18.2 Å². The minimum Gasteiger partial charge on any atom is -0.396 e. The number of hydrogen-bond acceptors (Lipinski definition) is 2. The smallest absolute Gasteiger partial charge is 0.0434 e. The van der Waals surface area contributed by atoms with E-state index in [9.17, 15) is 0 Å². The number of benzene rings is 1. The molecule has 0 bridgehead atoms. The third-order valence-corrected chi connectivity index (χ3v) is 2.09. The molecule has 0 saturated heterocycles. The molecule has 76 valence electrons. The summed E-state index contributed by atoms with van der Waals surface area (Å²) in [6.07, 6.45) is 1.57. The molecule has 2 N–H and O–H groups in total. The van der Waals surface area contributed by atoms with Gasteiger partial charge in [0.15, 0.2) is 0 Å². The molecule has 0 unspecified atom stereocenters. The monoisotopic (exact) mass is 191 g/mol. The van der Waals surface area contributed by atoms with Crippen LogP contribution < -0.4 is 5.32 Å². The van der Waals surface area contributed by atoms with Crippen molar-refractivity contribution in [3.8, 4) is 0 Å². The fourth-order valence-electron chi connectivity index (χ4n) is 1.26. The Morgan fingerprint density at radius 2 is 2.14 bits per heavy atom. The first-order valence-corrected chi connectivity index (χ1v) is 4.85. The van der Waals surface area contributed by atoms with Crippen molar-refractivity contribution in [3.63, 3.8) is 0 Å². The lowest BCUT2D eigenvalue weighted by Gasteiger charge is -2.11. The summed E-state index contributed by atoms with van der Waals surface area (Å²) >= 11 is 0. The summed E-state index contributed by atoms with van der Waals surface area (Å²) in [6.45, 7) is 6.18. The first kappa shape index (κ1) is 10.8. The number of anilines is 1. The Labute approximate surface area is 85.3 Å². The normalized spacial score (nSPS) is 9.86. The van der Waals surface area contributed by atoms with Crippen LogP contribution in [-0.2, 0) is 0 Å². The van der Waals surface area contributed by atoms with Crippen molar-refractivity contribution in [2.75, 3.05) is 11.9 Å². The molecule has 0 heterocycles. The van der Waals surface area contributed by atoms with Crippen LogP contribution in [0.2, 0.25) is 0 Å². The predicted octanol–water partition coefficient (Wildman–Crippen LogP) is 2.69. The molecule has 0 aliphatic carbocycles. The van der Waals surface area contributed by atoms with Crippen molar-refractivity contribution in [2.24, 2.45) is 0 Å². The van der Waals surface area contributed by atoms with Crippen LogP contribution in [0.3, 0.4) is 0 Å². The number of aryl methyl sites for hydroxylation is 1. The van der Waals surface area contributed by atoms with Crippen molar-refractivity contribution in [1.29, 1.82) is 0 Å². The van der Waals surface area contributed by atoms with Crippen LogP contribution in [0.15, 0.2) is 36.5 Å². The van der Waals surface area contributed by atoms with Crippen molar-refractivity contribution >= 4 is 5.69 Å². The lowest BCUT2D eigenvalue weighted by atomic mass is 10.2. The molecular weight excluding hydrogens is 174 g/mol. The topological polar surface area (TPSA) is 32.3 Å². The van der Waals surface area contributed by atoms with Gasteiger partial charge in [-0.2, -0.15) is 0 Å². The summed E-state index contributed by atoms with van der Waals surface area (Å²) in [5.41, 5.74) is 3.25. The van der Waals surface area contributed by atoms with Gasteiger partial charge in [-0.3, -0.25) is 0 Å². The Bertz CT molecular complexity index is 307. The lowest BCUT2D eigenvalue weighted by molar-refractivity contribution is 0.288. The van der Waals surface area contributed by atoms with Crippen LogP contribution >= 0.6 is 0 Å². The van der Waals surface area contributed by atoms with Crippen molar-refractivity contribution < 1.29 is 5.11 Å². The molecule has 0 atom stereocenters. The van der Waals surface area contributed by atoms with Crippen LogP contribution in [-0.4, -0.2) is 11.7 Å². The maximum atomic E-state index is 8.67. The molecule has 0 aliphatic rings. The molecule has 0 aliphatic heterocycles. The number of allylic oxidation sites excluding steroid dienone is 1. The molecular formula is C12H17NO. The predicted molar refractivity (Wildman–Crippen MR) is 60.3 cm³/mol. The lowest BCUT2D eigenvalue weighted by Crippen LogP contribution is -2.00. The zero-order valence-corrected chi connectivity index (χ0v) is 8.59. The molecule has 0 saturated carbocycles. The first-order valence-electron chi connectivity index (χ1n) is 4.85. The van der Waals surface area contributed by atoms with Gasteiger partial charge in [-0.05, 0) is 31.4 Å². The van der Waals surface area contributed by atoms with Crippen LogP contribution in [0.4, 0.5) is 5.69 Å². The largest absolute Gasteiger partial charge is 0.396 e. The van der Waals surface area contributed by atoms with Crippen LogP contribution in [0.25, 0.3) is 0 Å². The molecule has 1 aromatic carbocycles. The van der Waals surface area contributed by atoms with Crippen LogP contribution in [0.1, 0.15) is 18.4 Å². The standard InChI is InChI=1S/C12H17NO/c1-10-6-3-4-8-12(10)13-11(2)7-5-9-14/h3-4,6,8,13-14H,2,5,7,9H2,1H3. The Morgan fingerprint density at radius 3 is 2.79 bits per heavy atom.